The summed E-state index contributed by atoms with van der Waals surface area (Å²) >= 11 is 0. The molecule has 0 bridgehead atoms. The first-order chi connectivity index (χ1) is 8.83. The maximum atomic E-state index is 4.77. The quantitative estimate of drug-likeness (QED) is 0.648. The summed E-state index contributed by atoms with van der Waals surface area (Å²) in [7, 11) is 0. The van der Waals surface area contributed by atoms with E-state index in [0.29, 0.717) is 0 Å². The molecule has 0 saturated heterocycles. The van der Waals surface area contributed by atoms with Crippen molar-refractivity contribution in [1.82, 2.24) is 4.98 Å². The summed E-state index contributed by atoms with van der Waals surface area (Å²) in [6.07, 6.45) is 0.894. The molecule has 0 unspecified atom stereocenters. The molecule has 88 valence electrons. The molecule has 0 saturated carbocycles. The molecule has 0 fully saturated rings. The Kier molecular flexibility index (Phi) is 2.81. The van der Waals surface area contributed by atoms with Gasteiger partial charge in [0.15, 0.2) is 0 Å². The molecule has 0 radical (unpaired) electrons. The monoisotopic (exact) mass is 233 g/mol. The van der Waals surface area contributed by atoms with Crippen molar-refractivity contribution in [1.29, 1.82) is 0 Å². The van der Waals surface area contributed by atoms with E-state index in [0.717, 1.165) is 17.6 Å². The van der Waals surface area contributed by atoms with Gasteiger partial charge in [-0.15, -0.1) is 0 Å². The molecule has 3 aromatic rings. The Morgan fingerprint density at radius 2 is 1.67 bits per heavy atom. The Bertz CT molecular complexity index is 672. The van der Waals surface area contributed by atoms with E-state index < -0.39 is 0 Å². The second-order valence-electron chi connectivity index (χ2n) is 4.61. The number of hydrogen-bond acceptors (Lipinski definition) is 1. The number of benzene rings is 2. The second-order valence-corrected chi connectivity index (χ2v) is 4.61. The summed E-state index contributed by atoms with van der Waals surface area (Å²) in [5.74, 6) is 0. The summed E-state index contributed by atoms with van der Waals surface area (Å²) in [4.78, 5) is 4.77. The average Bonchev–Trinajstić information content (AvgIpc) is 2.41. The highest BCUT2D eigenvalue weighted by Crippen LogP contribution is 2.17. The van der Waals surface area contributed by atoms with Gasteiger partial charge >= 0.3 is 0 Å². The zero-order chi connectivity index (χ0) is 12.4. The van der Waals surface area contributed by atoms with E-state index >= 15 is 0 Å². The molecule has 0 aliphatic carbocycles. The van der Waals surface area contributed by atoms with Crippen LogP contribution in [0.3, 0.4) is 0 Å². The van der Waals surface area contributed by atoms with Gasteiger partial charge in [0, 0.05) is 17.5 Å². The van der Waals surface area contributed by atoms with Gasteiger partial charge in [-0.1, -0.05) is 54.6 Å². The van der Waals surface area contributed by atoms with Crippen LogP contribution >= 0.6 is 0 Å². The maximum absolute atomic E-state index is 4.77. The van der Waals surface area contributed by atoms with Gasteiger partial charge in [0.2, 0.25) is 0 Å². The minimum Gasteiger partial charge on any atom is -0.252 e. The summed E-state index contributed by atoms with van der Waals surface area (Å²) in [6, 6.07) is 21.1. The first-order valence-electron chi connectivity index (χ1n) is 6.22. The molecular weight excluding hydrogens is 218 g/mol. The van der Waals surface area contributed by atoms with Crippen LogP contribution in [0, 0.1) is 6.92 Å². The van der Waals surface area contributed by atoms with Crippen molar-refractivity contribution in [2.45, 2.75) is 13.3 Å². The van der Waals surface area contributed by atoms with Gasteiger partial charge < -0.3 is 0 Å². The molecule has 0 aliphatic rings. The third kappa shape index (κ3) is 2.12. The summed E-state index contributed by atoms with van der Waals surface area (Å²) in [6.45, 7) is 2.11. The molecule has 1 aromatic heterocycles. The lowest BCUT2D eigenvalue weighted by molar-refractivity contribution is 1.10. The lowest BCUT2D eigenvalue weighted by Crippen LogP contribution is -1.93. The van der Waals surface area contributed by atoms with Crippen LogP contribution in [0.1, 0.15) is 16.8 Å². The summed E-state index contributed by atoms with van der Waals surface area (Å²) in [5, 5.41) is 1.21. The number of para-hydroxylation sites is 1. The fraction of sp³-hybridized carbons (Fsp3) is 0.118. The van der Waals surface area contributed by atoms with Crippen molar-refractivity contribution in [3.05, 3.63) is 77.5 Å². The molecule has 0 N–H and O–H groups in total. The summed E-state index contributed by atoms with van der Waals surface area (Å²) < 4.78 is 0. The molecule has 0 spiro atoms. The van der Waals surface area contributed by atoms with Crippen molar-refractivity contribution >= 4 is 10.9 Å². The SMILES string of the molecule is Cc1cccc2ccc(Cc3ccccc3)nc12. The van der Waals surface area contributed by atoms with Crippen LogP contribution < -0.4 is 0 Å². The number of nitrogens with zero attached hydrogens (tertiary/aromatic N) is 1. The number of aromatic nitrogens is 1. The van der Waals surface area contributed by atoms with Gasteiger partial charge in [-0.3, -0.25) is 4.98 Å². The van der Waals surface area contributed by atoms with E-state index in [1.54, 1.807) is 0 Å². The minimum absolute atomic E-state index is 0.894. The third-order valence-electron chi connectivity index (χ3n) is 3.21. The standard InChI is InChI=1S/C17H15N/c1-13-6-5-9-15-10-11-16(18-17(13)15)12-14-7-3-2-4-8-14/h2-11H,12H2,1H3. The number of rotatable bonds is 2. The Labute approximate surface area is 107 Å². The number of pyridine rings is 1. The second kappa shape index (κ2) is 4.61. The molecule has 18 heavy (non-hydrogen) atoms. The average molecular weight is 233 g/mol. The van der Waals surface area contributed by atoms with Crippen LogP contribution in [0.2, 0.25) is 0 Å². The van der Waals surface area contributed by atoms with Crippen LogP contribution in [-0.4, -0.2) is 4.98 Å². The molecule has 1 nitrogen and oxygen atoms in total. The fourth-order valence-electron chi connectivity index (χ4n) is 2.24. The predicted octanol–water partition coefficient (Wildman–Crippen LogP) is 4.13. The smallest absolute Gasteiger partial charge is 0.0734 e. The highest BCUT2D eigenvalue weighted by Gasteiger charge is 2.01. The molecular formula is C17H15N. The number of hydrogen-bond donors (Lipinski definition) is 0. The lowest BCUT2D eigenvalue weighted by atomic mass is 10.1. The van der Waals surface area contributed by atoms with Crippen molar-refractivity contribution < 1.29 is 0 Å². The van der Waals surface area contributed by atoms with E-state index in [4.69, 9.17) is 4.98 Å². The van der Waals surface area contributed by atoms with Crippen molar-refractivity contribution in [3.8, 4) is 0 Å². The van der Waals surface area contributed by atoms with E-state index in [-0.39, 0.29) is 0 Å². The molecule has 1 heterocycles. The Balaban J connectivity index is 2.01. The molecule has 3 rings (SSSR count). The van der Waals surface area contributed by atoms with Crippen LogP contribution in [-0.2, 0) is 6.42 Å². The highest BCUT2D eigenvalue weighted by molar-refractivity contribution is 5.81. The lowest BCUT2D eigenvalue weighted by Gasteiger charge is -2.05. The summed E-state index contributed by atoms with van der Waals surface area (Å²) in [5.41, 5.74) is 4.79. The van der Waals surface area contributed by atoms with E-state index in [1.165, 1.54) is 16.5 Å². The van der Waals surface area contributed by atoms with Gasteiger partial charge in [-0.2, -0.15) is 0 Å². The molecule has 0 aliphatic heterocycles. The largest absolute Gasteiger partial charge is 0.252 e. The van der Waals surface area contributed by atoms with Crippen LogP contribution in [0.4, 0.5) is 0 Å². The first kappa shape index (κ1) is 11.0. The molecule has 0 amide bonds. The third-order valence-corrected chi connectivity index (χ3v) is 3.21. The Morgan fingerprint density at radius 1 is 0.833 bits per heavy atom. The van der Waals surface area contributed by atoms with Crippen LogP contribution in [0.5, 0.6) is 0 Å². The Hall–Kier alpha value is -2.15. The van der Waals surface area contributed by atoms with Crippen LogP contribution in [0.25, 0.3) is 10.9 Å². The predicted molar refractivity (Wildman–Crippen MR) is 75.7 cm³/mol. The molecule has 0 atom stereocenters. The van der Waals surface area contributed by atoms with Gasteiger partial charge in [-0.05, 0) is 24.1 Å². The fourth-order valence-corrected chi connectivity index (χ4v) is 2.24. The normalized spacial score (nSPS) is 10.7. The maximum Gasteiger partial charge on any atom is 0.0734 e. The molecule has 2 aromatic carbocycles. The van der Waals surface area contributed by atoms with Gasteiger partial charge in [0.05, 0.1) is 5.52 Å². The van der Waals surface area contributed by atoms with Gasteiger partial charge in [0.25, 0.3) is 0 Å². The van der Waals surface area contributed by atoms with Crippen molar-refractivity contribution in [2.75, 3.05) is 0 Å². The van der Waals surface area contributed by atoms with Crippen molar-refractivity contribution in [2.24, 2.45) is 0 Å². The number of aryl methyl sites for hydroxylation is 1. The van der Waals surface area contributed by atoms with E-state index in [1.807, 2.05) is 6.07 Å². The minimum atomic E-state index is 0.894. The van der Waals surface area contributed by atoms with Gasteiger partial charge in [0.1, 0.15) is 0 Å². The zero-order valence-corrected chi connectivity index (χ0v) is 10.4. The topological polar surface area (TPSA) is 12.9 Å². The van der Waals surface area contributed by atoms with E-state index in [9.17, 15) is 0 Å². The number of fused-ring (bicyclic) bond motifs is 1. The zero-order valence-electron chi connectivity index (χ0n) is 10.4. The van der Waals surface area contributed by atoms with E-state index in [2.05, 4.69) is 61.5 Å². The Morgan fingerprint density at radius 3 is 2.50 bits per heavy atom. The first-order valence-corrected chi connectivity index (χ1v) is 6.22. The molecule has 1 heteroatoms. The highest BCUT2D eigenvalue weighted by atomic mass is 14.7. The van der Waals surface area contributed by atoms with Crippen molar-refractivity contribution in [3.63, 3.8) is 0 Å². The van der Waals surface area contributed by atoms with Crippen LogP contribution in [0.15, 0.2) is 60.7 Å². The van der Waals surface area contributed by atoms with Gasteiger partial charge in [-0.25, -0.2) is 0 Å².